The van der Waals surface area contributed by atoms with Crippen LogP contribution in [-0.2, 0) is 9.47 Å². The zero-order chi connectivity index (χ0) is 22.5. The van der Waals surface area contributed by atoms with Crippen LogP contribution < -0.4 is 20.7 Å². The maximum absolute atomic E-state index is 12.6. The smallest absolute Gasteiger partial charge is 0.311 e. The molecule has 0 radical (unpaired) electrons. The van der Waals surface area contributed by atoms with Gasteiger partial charge in [0.1, 0.15) is 5.82 Å². The van der Waals surface area contributed by atoms with Crippen LogP contribution in [0.2, 0.25) is 0 Å². The highest BCUT2D eigenvalue weighted by atomic mass is 16.5. The number of aromatic nitrogens is 1. The third kappa shape index (κ3) is 5.04. The number of hydrogen-bond donors (Lipinski definition) is 2. The summed E-state index contributed by atoms with van der Waals surface area (Å²) in [5, 5.41) is 4.70. The fraction of sp³-hybridized carbons (Fsp3) is 0.208. The Hall–Kier alpha value is -4.11. The molecule has 0 saturated carbocycles. The Balaban J connectivity index is 1.23. The Morgan fingerprint density at radius 1 is 1.03 bits per heavy atom. The van der Waals surface area contributed by atoms with E-state index in [-0.39, 0.29) is 5.91 Å². The highest BCUT2D eigenvalue weighted by Crippen LogP contribution is 2.21. The normalized spacial score (nSPS) is 16.9. The van der Waals surface area contributed by atoms with E-state index in [0.717, 1.165) is 43.5 Å². The second-order valence-corrected chi connectivity index (χ2v) is 7.57. The summed E-state index contributed by atoms with van der Waals surface area (Å²) in [6.45, 7) is 3.43. The van der Waals surface area contributed by atoms with E-state index >= 15 is 0 Å². The topological polar surface area (TPSA) is 91.3 Å². The molecule has 1 aromatic heterocycles. The van der Waals surface area contributed by atoms with Crippen LogP contribution in [0.3, 0.4) is 0 Å². The van der Waals surface area contributed by atoms with Gasteiger partial charge in [-0.1, -0.05) is 24.3 Å². The van der Waals surface area contributed by atoms with E-state index in [4.69, 9.17) is 9.47 Å². The molecular formula is C24H24N6O3. The molecule has 2 saturated heterocycles. The lowest BCUT2D eigenvalue weighted by molar-refractivity contribution is 0.102. The van der Waals surface area contributed by atoms with Crippen molar-refractivity contribution in [3.8, 4) is 0 Å². The SMILES string of the molecule is O=C(Nc1ccccc1)c1cccc(N=C2NN(c3ccc(N4CCOCC4)nc3)CO2)c1. The van der Waals surface area contributed by atoms with Crippen molar-refractivity contribution in [2.45, 2.75) is 0 Å². The van der Waals surface area contributed by atoms with Gasteiger partial charge in [-0.2, -0.15) is 4.99 Å². The fourth-order valence-corrected chi connectivity index (χ4v) is 3.58. The summed E-state index contributed by atoms with van der Waals surface area (Å²) in [7, 11) is 0. The van der Waals surface area contributed by atoms with E-state index < -0.39 is 0 Å². The molecule has 2 aromatic carbocycles. The van der Waals surface area contributed by atoms with Gasteiger partial charge in [0.2, 0.25) is 0 Å². The Labute approximate surface area is 191 Å². The van der Waals surface area contributed by atoms with Crippen molar-refractivity contribution >= 4 is 34.8 Å². The van der Waals surface area contributed by atoms with Gasteiger partial charge in [0.15, 0.2) is 6.73 Å². The molecule has 9 heteroatoms. The maximum atomic E-state index is 12.6. The zero-order valence-corrected chi connectivity index (χ0v) is 18.0. The van der Waals surface area contributed by atoms with Gasteiger partial charge >= 0.3 is 6.02 Å². The van der Waals surface area contributed by atoms with E-state index in [2.05, 4.69) is 25.6 Å². The Bertz CT molecular complexity index is 1130. The van der Waals surface area contributed by atoms with Crippen LogP contribution in [-0.4, -0.2) is 49.9 Å². The summed E-state index contributed by atoms with van der Waals surface area (Å²) in [4.78, 5) is 23.8. The van der Waals surface area contributed by atoms with Crippen LogP contribution in [0.4, 0.5) is 22.9 Å². The number of aliphatic imine (C=N–C) groups is 1. The lowest BCUT2D eigenvalue weighted by Crippen LogP contribution is -2.37. The van der Waals surface area contributed by atoms with Crippen LogP contribution in [0.25, 0.3) is 0 Å². The Kier molecular flexibility index (Phi) is 6.03. The third-order valence-corrected chi connectivity index (χ3v) is 5.31. The number of carbonyl (C=O) groups is 1. The van der Waals surface area contributed by atoms with Crippen molar-refractivity contribution in [2.75, 3.05) is 48.3 Å². The summed E-state index contributed by atoms with van der Waals surface area (Å²) in [5.41, 5.74) is 5.86. The van der Waals surface area contributed by atoms with E-state index in [0.29, 0.717) is 24.0 Å². The fourth-order valence-electron chi connectivity index (χ4n) is 3.58. The number of ether oxygens (including phenoxy) is 2. The van der Waals surface area contributed by atoms with Gasteiger partial charge in [0.05, 0.1) is 30.8 Å². The minimum Gasteiger partial charge on any atom is -0.441 e. The summed E-state index contributed by atoms with van der Waals surface area (Å²) in [5.74, 6) is 0.734. The van der Waals surface area contributed by atoms with Crippen LogP contribution in [0.15, 0.2) is 77.9 Å². The summed E-state index contributed by atoms with van der Waals surface area (Å²) >= 11 is 0. The number of anilines is 3. The van der Waals surface area contributed by atoms with Crippen molar-refractivity contribution in [3.63, 3.8) is 0 Å². The highest BCUT2D eigenvalue weighted by Gasteiger charge is 2.20. The number of nitrogens with zero attached hydrogens (tertiary/aromatic N) is 4. The molecule has 168 valence electrons. The third-order valence-electron chi connectivity index (χ3n) is 5.31. The van der Waals surface area contributed by atoms with Crippen LogP contribution in [0.1, 0.15) is 10.4 Å². The molecule has 0 atom stereocenters. The van der Waals surface area contributed by atoms with Crippen LogP contribution in [0.5, 0.6) is 0 Å². The molecule has 0 aliphatic carbocycles. The van der Waals surface area contributed by atoms with Crippen molar-refractivity contribution < 1.29 is 14.3 Å². The predicted molar refractivity (Wildman–Crippen MR) is 127 cm³/mol. The molecule has 9 nitrogen and oxygen atoms in total. The average Bonchev–Trinajstić information content (AvgIpc) is 3.34. The molecule has 3 heterocycles. The number of amidine groups is 1. The number of hydrazine groups is 1. The number of nitrogens with one attached hydrogen (secondary N) is 2. The molecule has 2 aliphatic heterocycles. The molecule has 0 spiro atoms. The van der Waals surface area contributed by atoms with Crippen LogP contribution in [0, 0.1) is 0 Å². The summed E-state index contributed by atoms with van der Waals surface area (Å²) < 4.78 is 11.1. The molecule has 0 unspecified atom stereocenters. The molecule has 2 aliphatic rings. The lowest BCUT2D eigenvalue weighted by Gasteiger charge is -2.28. The van der Waals surface area contributed by atoms with Gasteiger partial charge in [0.25, 0.3) is 5.91 Å². The first-order valence-corrected chi connectivity index (χ1v) is 10.8. The second-order valence-electron chi connectivity index (χ2n) is 7.57. The first-order chi connectivity index (χ1) is 16.2. The number of rotatable bonds is 5. The van der Waals surface area contributed by atoms with Crippen molar-refractivity contribution in [1.82, 2.24) is 10.4 Å². The van der Waals surface area contributed by atoms with Crippen molar-refractivity contribution in [2.24, 2.45) is 4.99 Å². The standard InChI is InChI=1S/C24H24N6O3/c31-23(26-19-6-2-1-3-7-19)18-5-4-8-20(15-18)27-24-28-30(17-33-24)21-9-10-22(25-16-21)29-11-13-32-14-12-29/h1-10,15-16H,11-14,17H2,(H,26,31)(H,27,28). The van der Waals surface area contributed by atoms with Gasteiger partial charge < -0.3 is 19.7 Å². The molecule has 2 fully saturated rings. The monoisotopic (exact) mass is 444 g/mol. The van der Waals surface area contributed by atoms with Gasteiger partial charge in [-0.15, -0.1) is 0 Å². The largest absolute Gasteiger partial charge is 0.441 e. The van der Waals surface area contributed by atoms with Gasteiger partial charge in [-0.05, 0) is 42.5 Å². The molecule has 3 aromatic rings. The molecular weight excluding hydrogens is 420 g/mol. The van der Waals surface area contributed by atoms with Crippen molar-refractivity contribution in [3.05, 3.63) is 78.5 Å². The number of pyridine rings is 1. The lowest BCUT2D eigenvalue weighted by atomic mass is 10.2. The molecule has 1 amide bonds. The van der Waals surface area contributed by atoms with Gasteiger partial charge in [-0.25, -0.2) is 15.4 Å². The maximum Gasteiger partial charge on any atom is 0.311 e. The number of morpholine rings is 1. The van der Waals surface area contributed by atoms with E-state index in [9.17, 15) is 4.79 Å². The predicted octanol–water partition coefficient (Wildman–Crippen LogP) is 3.16. The van der Waals surface area contributed by atoms with Crippen molar-refractivity contribution in [1.29, 1.82) is 0 Å². The summed E-state index contributed by atoms with van der Waals surface area (Å²) in [6.07, 6.45) is 1.80. The first kappa shape index (κ1) is 20.8. The molecule has 5 rings (SSSR count). The van der Waals surface area contributed by atoms with E-state index in [1.54, 1.807) is 24.4 Å². The van der Waals surface area contributed by atoms with Gasteiger partial charge in [0, 0.05) is 24.3 Å². The van der Waals surface area contributed by atoms with Crippen LogP contribution >= 0.6 is 0 Å². The number of hydrogen-bond acceptors (Lipinski definition) is 7. The van der Waals surface area contributed by atoms with E-state index in [1.807, 2.05) is 53.5 Å². The highest BCUT2D eigenvalue weighted by molar-refractivity contribution is 6.04. The number of amides is 1. The minimum atomic E-state index is -0.198. The molecule has 0 bridgehead atoms. The van der Waals surface area contributed by atoms with E-state index in [1.165, 1.54) is 0 Å². The Morgan fingerprint density at radius 2 is 1.88 bits per heavy atom. The molecule has 33 heavy (non-hydrogen) atoms. The quantitative estimate of drug-likeness (QED) is 0.625. The number of carbonyl (C=O) groups excluding carboxylic acids is 1. The summed E-state index contributed by atoms with van der Waals surface area (Å²) in [6, 6.07) is 20.8. The second kappa shape index (κ2) is 9.58. The first-order valence-electron chi connectivity index (χ1n) is 10.8. The number of benzene rings is 2. The number of para-hydroxylation sites is 1. The average molecular weight is 444 g/mol. The minimum absolute atomic E-state index is 0.198. The van der Waals surface area contributed by atoms with Gasteiger partial charge in [-0.3, -0.25) is 4.79 Å². The molecule has 2 N–H and O–H groups in total. The Morgan fingerprint density at radius 3 is 2.67 bits per heavy atom. The zero-order valence-electron chi connectivity index (χ0n) is 18.0.